The maximum absolute atomic E-state index is 12.5. The molecule has 0 heterocycles. The molecule has 0 spiro atoms. The van der Waals surface area contributed by atoms with Crippen LogP contribution in [0.4, 0.5) is 5.69 Å². The van der Waals surface area contributed by atoms with Gasteiger partial charge in [-0.15, -0.1) is 0 Å². The van der Waals surface area contributed by atoms with Crippen molar-refractivity contribution >= 4 is 33.3 Å². The van der Waals surface area contributed by atoms with Crippen molar-refractivity contribution in [3.05, 3.63) is 32.8 Å². The lowest BCUT2D eigenvalue weighted by molar-refractivity contribution is -0.385. The van der Waals surface area contributed by atoms with Crippen molar-refractivity contribution in [2.45, 2.75) is 38.1 Å². The number of ether oxygens (including phenoxy) is 1. The minimum Gasteiger partial charge on any atom is -0.468 e. The summed E-state index contributed by atoms with van der Waals surface area (Å²) in [4.78, 5) is 21.8. The van der Waals surface area contributed by atoms with Crippen LogP contribution in [0.2, 0.25) is 5.02 Å². The second kappa shape index (κ2) is 7.91. The first-order chi connectivity index (χ1) is 11.0. The van der Waals surface area contributed by atoms with Crippen LogP contribution in [0.15, 0.2) is 17.0 Å². The molecular formula is C14H19ClN2O6S. The quantitative estimate of drug-likeness (QED) is 0.442. The molecule has 10 heteroatoms. The number of esters is 1. The molecule has 0 unspecified atom stereocenters. The summed E-state index contributed by atoms with van der Waals surface area (Å²) in [6.07, 6.45) is 0.525. The Morgan fingerprint density at radius 1 is 1.46 bits per heavy atom. The zero-order valence-corrected chi connectivity index (χ0v) is 15.3. The third-order valence-corrected chi connectivity index (χ3v) is 5.56. The van der Waals surface area contributed by atoms with Crippen molar-refractivity contribution in [1.29, 1.82) is 0 Å². The number of carbonyl (C=O) groups is 1. The number of nitro groups is 1. The molecule has 0 aliphatic rings. The Balaban J connectivity index is 3.34. The van der Waals surface area contributed by atoms with Crippen LogP contribution in [0.3, 0.4) is 0 Å². The van der Waals surface area contributed by atoms with E-state index in [2.05, 4.69) is 9.46 Å². The SMILES string of the molecule is CC[C@@H](C)[C@@H](NS(=O)(=O)c1cc(Cl)c(C)c([N+](=O)[O-])c1)C(=O)OC. The van der Waals surface area contributed by atoms with Gasteiger partial charge in [0.25, 0.3) is 5.69 Å². The summed E-state index contributed by atoms with van der Waals surface area (Å²) in [5.41, 5.74) is -0.256. The van der Waals surface area contributed by atoms with E-state index in [4.69, 9.17) is 11.6 Å². The molecule has 1 N–H and O–H groups in total. The lowest BCUT2D eigenvalue weighted by Gasteiger charge is -2.21. The van der Waals surface area contributed by atoms with Crippen LogP contribution in [-0.4, -0.2) is 32.5 Å². The topological polar surface area (TPSA) is 116 Å². The van der Waals surface area contributed by atoms with E-state index in [1.54, 1.807) is 13.8 Å². The van der Waals surface area contributed by atoms with Gasteiger partial charge in [0.2, 0.25) is 10.0 Å². The molecule has 0 saturated heterocycles. The molecule has 0 saturated carbocycles. The number of carbonyl (C=O) groups excluding carboxylic acids is 1. The molecule has 0 aliphatic heterocycles. The third kappa shape index (κ3) is 4.43. The maximum atomic E-state index is 12.5. The fourth-order valence-corrected chi connectivity index (χ4v) is 3.60. The number of rotatable bonds is 7. The van der Waals surface area contributed by atoms with Crippen molar-refractivity contribution in [3.63, 3.8) is 0 Å². The molecule has 1 aromatic rings. The number of methoxy groups -OCH3 is 1. The van der Waals surface area contributed by atoms with Crippen LogP contribution < -0.4 is 4.72 Å². The lowest BCUT2D eigenvalue weighted by Crippen LogP contribution is -2.45. The Hall–Kier alpha value is -1.71. The molecule has 134 valence electrons. The molecule has 0 amide bonds. The molecule has 0 fully saturated rings. The Bertz CT molecular complexity index is 750. The van der Waals surface area contributed by atoms with Gasteiger partial charge < -0.3 is 4.74 Å². The number of sulfonamides is 1. The van der Waals surface area contributed by atoms with E-state index in [0.717, 1.165) is 19.2 Å². The zero-order chi connectivity index (χ0) is 18.7. The van der Waals surface area contributed by atoms with Gasteiger partial charge in [0.1, 0.15) is 6.04 Å². The largest absolute Gasteiger partial charge is 0.468 e. The molecule has 0 aliphatic carbocycles. The zero-order valence-electron chi connectivity index (χ0n) is 13.7. The number of hydrogen-bond acceptors (Lipinski definition) is 6. The average molecular weight is 379 g/mol. The Morgan fingerprint density at radius 2 is 2.04 bits per heavy atom. The molecule has 2 atom stereocenters. The highest BCUT2D eigenvalue weighted by atomic mass is 35.5. The Labute approximate surface area is 145 Å². The lowest BCUT2D eigenvalue weighted by atomic mass is 10.0. The number of nitrogens with one attached hydrogen (secondary N) is 1. The molecule has 0 radical (unpaired) electrons. The smallest absolute Gasteiger partial charge is 0.324 e. The summed E-state index contributed by atoms with van der Waals surface area (Å²) in [5, 5.41) is 11.0. The molecule has 24 heavy (non-hydrogen) atoms. The number of halogens is 1. The van der Waals surface area contributed by atoms with Gasteiger partial charge in [0, 0.05) is 11.6 Å². The molecule has 0 aromatic heterocycles. The van der Waals surface area contributed by atoms with Crippen molar-refractivity contribution in [2.75, 3.05) is 7.11 Å². The number of nitrogens with zero attached hydrogens (tertiary/aromatic N) is 1. The highest BCUT2D eigenvalue weighted by Gasteiger charge is 2.31. The van der Waals surface area contributed by atoms with Crippen molar-refractivity contribution < 1.29 is 22.9 Å². The summed E-state index contributed by atoms with van der Waals surface area (Å²) in [6, 6.07) is 0.912. The summed E-state index contributed by atoms with van der Waals surface area (Å²) in [5.74, 6) is -1.07. The Kier molecular flexibility index (Phi) is 6.70. The van der Waals surface area contributed by atoms with Crippen LogP contribution >= 0.6 is 11.6 Å². The fourth-order valence-electron chi connectivity index (χ4n) is 1.98. The molecule has 0 bridgehead atoms. The monoisotopic (exact) mass is 378 g/mol. The predicted molar refractivity (Wildman–Crippen MR) is 88.4 cm³/mol. The Morgan fingerprint density at radius 3 is 2.50 bits per heavy atom. The second-order valence-electron chi connectivity index (χ2n) is 5.31. The van der Waals surface area contributed by atoms with Gasteiger partial charge in [-0.2, -0.15) is 4.72 Å². The highest BCUT2D eigenvalue weighted by Crippen LogP contribution is 2.29. The summed E-state index contributed by atoms with van der Waals surface area (Å²) < 4.78 is 31.9. The molecule has 1 aromatic carbocycles. The van der Waals surface area contributed by atoms with Gasteiger partial charge in [-0.3, -0.25) is 14.9 Å². The van der Waals surface area contributed by atoms with Crippen molar-refractivity contribution in [1.82, 2.24) is 4.72 Å². The second-order valence-corrected chi connectivity index (χ2v) is 7.44. The summed E-state index contributed by atoms with van der Waals surface area (Å²) >= 11 is 5.90. The molecule has 8 nitrogen and oxygen atoms in total. The molecule has 1 rings (SSSR count). The van der Waals surface area contributed by atoms with Crippen LogP contribution in [-0.2, 0) is 19.6 Å². The third-order valence-electron chi connectivity index (χ3n) is 3.75. The van der Waals surface area contributed by atoms with Crippen LogP contribution in [0.5, 0.6) is 0 Å². The van der Waals surface area contributed by atoms with Gasteiger partial charge in [-0.05, 0) is 18.9 Å². The van der Waals surface area contributed by atoms with E-state index in [9.17, 15) is 23.3 Å². The van der Waals surface area contributed by atoms with E-state index in [-0.39, 0.29) is 21.4 Å². The van der Waals surface area contributed by atoms with E-state index in [1.807, 2.05) is 0 Å². The number of benzene rings is 1. The average Bonchev–Trinajstić information content (AvgIpc) is 2.53. The van der Waals surface area contributed by atoms with E-state index in [0.29, 0.717) is 6.42 Å². The van der Waals surface area contributed by atoms with E-state index >= 15 is 0 Å². The standard InChI is InChI=1S/C14H19ClN2O6S/c1-5-8(2)13(14(18)23-4)16-24(21,22)10-6-11(15)9(3)12(7-10)17(19)20/h6-8,13,16H,5H2,1-4H3/t8-,13-/m1/s1. The minimum atomic E-state index is -4.20. The first-order valence-electron chi connectivity index (χ1n) is 7.09. The normalized spacial score (nSPS) is 14.0. The number of nitro benzene ring substituents is 1. The highest BCUT2D eigenvalue weighted by molar-refractivity contribution is 7.89. The van der Waals surface area contributed by atoms with E-state index in [1.165, 1.54) is 6.92 Å². The summed E-state index contributed by atoms with van der Waals surface area (Å²) in [7, 11) is -3.05. The van der Waals surface area contributed by atoms with Crippen molar-refractivity contribution in [2.24, 2.45) is 5.92 Å². The van der Waals surface area contributed by atoms with E-state index < -0.39 is 32.6 Å². The van der Waals surface area contributed by atoms with Crippen molar-refractivity contribution in [3.8, 4) is 0 Å². The molecular weight excluding hydrogens is 360 g/mol. The first kappa shape index (κ1) is 20.3. The van der Waals surface area contributed by atoms with Crippen LogP contribution in [0.25, 0.3) is 0 Å². The van der Waals surface area contributed by atoms with Gasteiger partial charge in [0.05, 0.1) is 22.0 Å². The predicted octanol–water partition coefficient (Wildman–Crippen LogP) is 2.42. The first-order valence-corrected chi connectivity index (χ1v) is 8.96. The van der Waals surface area contributed by atoms with Gasteiger partial charge in [0.15, 0.2) is 0 Å². The fraction of sp³-hybridized carbons (Fsp3) is 0.500. The summed E-state index contributed by atoms with van der Waals surface area (Å²) in [6.45, 7) is 4.90. The minimum absolute atomic E-state index is 0.0530. The van der Waals surface area contributed by atoms with Crippen LogP contribution in [0.1, 0.15) is 25.8 Å². The number of hydrogen-bond donors (Lipinski definition) is 1. The van der Waals surface area contributed by atoms with Gasteiger partial charge in [-0.1, -0.05) is 31.9 Å². The maximum Gasteiger partial charge on any atom is 0.324 e. The van der Waals surface area contributed by atoms with Crippen LogP contribution in [0, 0.1) is 23.0 Å². The van der Waals surface area contributed by atoms with Gasteiger partial charge >= 0.3 is 5.97 Å². The van der Waals surface area contributed by atoms with Gasteiger partial charge in [-0.25, -0.2) is 8.42 Å².